The molecule has 2 amide bonds. The van der Waals surface area contributed by atoms with Gasteiger partial charge >= 0.3 is 12.2 Å². The second-order valence-corrected chi connectivity index (χ2v) is 7.73. The Morgan fingerprint density at radius 2 is 1.68 bits per heavy atom. The van der Waals surface area contributed by atoms with Gasteiger partial charge < -0.3 is 20.5 Å². The Bertz CT molecular complexity index is 958. The molecule has 9 heteroatoms. The molecule has 0 aromatic heterocycles. The molecule has 166 valence electrons. The Labute approximate surface area is 177 Å². The lowest BCUT2D eigenvalue weighted by Gasteiger charge is -2.45. The number of aliphatic hydroxyl groups is 1. The van der Waals surface area contributed by atoms with Gasteiger partial charge in [-0.1, -0.05) is 50.2 Å². The zero-order chi connectivity index (χ0) is 23.0. The van der Waals surface area contributed by atoms with Gasteiger partial charge in [0, 0.05) is 5.56 Å². The molecule has 1 aliphatic heterocycles. The Kier molecular flexibility index (Phi) is 6.00. The molecule has 0 spiro atoms. The second-order valence-electron chi connectivity index (χ2n) is 7.73. The van der Waals surface area contributed by atoms with Crippen molar-refractivity contribution in [2.45, 2.75) is 37.7 Å². The summed E-state index contributed by atoms with van der Waals surface area (Å²) in [6.07, 6.45) is -5.23. The van der Waals surface area contributed by atoms with E-state index in [0.29, 0.717) is 5.75 Å². The molecule has 0 aliphatic carbocycles. The molecular weight excluding hydrogens is 413 g/mol. The van der Waals surface area contributed by atoms with E-state index in [-0.39, 0.29) is 17.0 Å². The topological polar surface area (TPSA) is 87.7 Å². The van der Waals surface area contributed by atoms with Gasteiger partial charge in [0.1, 0.15) is 11.7 Å². The monoisotopic (exact) mass is 436 g/mol. The number of ether oxygens (including phenoxy) is 1. The number of benzene rings is 2. The van der Waals surface area contributed by atoms with Crippen LogP contribution in [0.5, 0.6) is 5.75 Å². The van der Waals surface area contributed by atoms with Crippen LogP contribution in [-0.4, -0.2) is 30.2 Å². The first kappa shape index (κ1) is 22.6. The number of halogens is 3. The van der Waals surface area contributed by atoms with E-state index in [4.69, 9.17) is 4.74 Å². The number of carbonyl (C=O) groups excluding carboxylic acids is 2. The first-order valence-electron chi connectivity index (χ1n) is 9.64. The Hall–Kier alpha value is -3.07. The summed E-state index contributed by atoms with van der Waals surface area (Å²) in [5.74, 6) is -3.65. The Balaban J connectivity index is 2.14. The summed E-state index contributed by atoms with van der Waals surface area (Å²) in [5.41, 5.74) is -1.46. The maximum atomic E-state index is 13.5. The predicted octanol–water partition coefficient (Wildman–Crippen LogP) is 3.77. The first-order chi connectivity index (χ1) is 14.5. The van der Waals surface area contributed by atoms with Crippen molar-refractivity contribution in [3.05, 3.63) is 65.2 Å². The fourth-order valence-corrected chi connectivity index (χ4v) is 3.73. The van der Waals surface area contributed by atoms with Crippen LogP contribution in [0.15, 0.2) is 48.5 Å². The van der Waals surface area contributed by atoms with Crippen LogP contribution in [0, 0.1) is 5.92 Å². The molecule has 1 aliphatic rings. The molecule has 0 saturated carbocycles. The number of methoxy groups -OCH3 is 1. The van der Waals surface area contributed by atoms with E-state index < -0.39 is 35.7 Å². The quantitative estimate of drug-likeness (QED) is 0.666. The van der Waals surface area contributed by atoms with Gasteiger partial charge in [0.2, 0.25) is 5.78 Å². The molecule has 0 radical (unpaired) electrons. The molecule has 0 bridgehead atoms. The van der Waals surface area contributed by atoms with Crippen LogP contribution in [0.3, 0.4) is 0 Å². The number of alkyl halides is 3. The minimum atomic E-state index is -5.23. The molecule has 2 aromatic rings. The average Bonchev–Trinajstić information content (AvgIpc) is 2.72. The third kappa shape index (κ3) is 4.36. The fourth-order valence-electron chi connectivity index (χ4n) is 3.73. The summed E-state index contributed by atoms with van der Waals surface area (Å²) in [6.45, 7) is 3.92. The number of rotatable bonds is 5. The largest absolute Gasteiger partial charge is 0.497 e. The summed E-state index contributed by atoms with van der Waals surface area (Å²) in [4.78, 5) is 24.8. The highest BCUT2D eigenvalue weighted by Gasteiger charge is 2.59. The molecule has 3 atom stereocenters. The van der Waals surface area contributed by atoms with Crippen molar-refractivity contribution in [1.29, 1.82) is 0 Å². The van der Waals surface area contributed by atoms with E-state index >= 15 is 0 Å². The normalized spacial score (nSPS) is 23.8. The van der Waals surface area contributed by atoms with Crippen LogP contribution < -0.4 is 15.4 Å². The van der Waals surface area contributed by atoms with Crippen molar-refractivity contribution >= 4 is 11.8 Å². The fraction of sp³-hybridized carbons (Fsp3) is 0.364. The number of nitrogens with one attached hydrogen (secondary N) is 2. The number of hydrogen-bond acceptors (Lipinski definition) is 4. The zero-order valence-corrected chi connectivity index (χ0v) is 17.2. The van der Waals surface area contributed by atoms with Crippen LogP contribution >= 0.6 is 0 Å². The van der Waals surface area contributed by atoms with Gasteiger partial charge in [-0.3, -0.25) is 4.79 Å². The Morgan fingerprint density at radius 3 is 2.16 bits per heavy atom. The highest BCUT2D eigenvalue weighted by Crippen LogP contribution is 2.43. The van der Waals surface area contributed by atoms with E-state index in [9.17, 15) is 27.9 Å². The third-order valence-electron chi connectivity index (χ3n) is 5.43. The van der Waals surface area contributed by atoms with Crippen molar-refractivity contribution in [3.8, 4) is 5.75 Å². The summed E-state index contributed by atoms with van der Waals surface area (Å²) in [6, 6.07) is 9.68. The van der Waals surface area contributed by atoms with Crippen LogP contribution in [0.25, 0.3) is 0 Å². The summed E-state index contributed by atoms with van der Waals surface area (Å²) < 4.78 is 45.7. The van der Waals surface area contributed by atoms with Crippen molar-refractivity contribution in [3.63, 3.8) is 0 Å². The van der Waals surface area contributed by atoms with Gasteiger partial charge in [-0.15, -0.1) is 0 Å². The van der Waals surface area contributed by atoms with Crippen molar-refractivity contribution in [2.24, 2.45) is 5.92 Å². The van der Waals surface area contributed by atoms with Crippen LogP contribution in [0.4, 0.5) is 18.0 Å². The molecule has 3 unspecified atom stereocenters. The third-order valence-corrected chi connectivity index (χ3v) is 5.43. The maximum absolute atomic E-state index is 13.5. The SMILES string of the molecule is COc1ccc(C2(O)NC(=O)NC(c3ccc(C(C)C)cc3)C2C(=O)C(F)(F)F)cc1. The van der Waals surface area contributed by atoms with Gasteiger partial charge in [-0.2, -0.15) is 13.2 Å². The zero-order valence-electron chi connectivity index (χ0n) is 17.2. The Morgan fingerprint density at radius 1 is 1.10 bits per heavy atom. The molecule has 3 rings (SSSR count). The molecule has 1 saturated heterocycles. The van der Waals surface area contributed by atoms with E-state index in [1.54, 1.807) is 24.3 Å². The smallest absolute Gasteiger partial charge is 0.450 e. The van der Waals surface area contributed by atoms with Gasteiger partial charge in [0.05, 0.1) is 13.2 Å². The maximum Gasteiger partial charge on any atom is 0.450 e. The molecule has 2 aromatic carbocycles. The van der Waals surface area contributed by atoms with Gasteiger partial charge in [-0.25, -0.2) is 4.79 Å². The minimum absolute atomic E-state index is 0.0745. The first-order valence-corrected chi connectivity index (χ1v) is 9.64. The predicted molar refractivity (Wildman–Crippen MR) is 106 cm³/mol. The molecular formula is C22H23F3N2O4. The minimum Gasteiger partial charge on any atom is -0.497 e. The molecule has 1 fully saturated rings. The van der Waals surface area contributed by atoms with Gasteiger partial charge in [0.25, 0.3) is 0 Å². The highest BCUT2D eigenvalue weighted by molar-refractivity contribution is 5.91. The van der Waals surface area contributed by atoms with E-state index in [1.165, 1.54) is 31.4 Å². The molecule has 6 nitrogen and oxygen atoms in total. The lowest BCUT2D eigenvalue weighted by Crippen LogP contribution is -2.66. The van der Waals surface area contributed by atoms with Gasteiger partial charge in [0.15, 0.2) is 5.72 Å². The number of urea groups is 1. The second kappa shape index (κ2) is 8.22. The molecule has 31 heavy (non-hydrogen) atoms. The van der Waals surface area contributed by atoms with Crippen LogP contribution in [-0.2, 0) is 10.5 Å². The van der Waals surface area contributed by atoms with E-state index in [1.807, 2.05) is 13.8 Å². The average molecular weight is 436 g/mol. The molecule has 1 heterocycles. The number of ketones is 1. The van der Waals surface area contributed by atoms with Crippen molar-refractivity contribution < 1.29 is 32.6 Å². The summed E-state index contributed by atoms with van der Waals surface area (Å²) in [5, 5.41) is 15.8. The van der Waals surface area contributed by atoms with Crippen molar-refractivity contribution in [2.75, 3.05) is 7.11 Å². The lowest BCUT2D eigenvalue weighted by molar-refractivity contribution is -0.190. The number of hydrogen-bond donors (Lipinski definition) is 3. The van der Waals surface area contributed by atoms with E-state index in [2.05, 4.69) is 10.6 Å². The van der Waals surface area contributed by atoms with Crippen LogP contribution in [0.1, 0.15) is 42.5 Å². The number of carbonyl (C=O) groups is 2. The number of Topliss-reactive ketones (excluding diaryl/α,β-unsaturated/α-hetero) is 1. The highest BCUT2D eigenvalue weighted by atomic mass is 19.4. The number of amides is 2. The molecule has 3 N–H and O–H groups in total. The summed E-state index contributed by atoms with van der Waals surface area (Å²) in [7, 11) is 1.41. The van der Waals surface area contributed by atoms with Crippen LogP contribution in [0.2, 0.25) is 0 Å². The van der Waals surface area contributed by atoms with Crippen molar-refractivity contribution in [1.82, 2.24) is 10.6 Å². The lowest BCUT2D eigenvalue weighted by atomic mass is 9.76. The van der Waals surface area contributed by atoms with Gasteiger partial charge in [-0.05, 0) is 29.2 Å². The van der Waals surface area contributed by atoms with E-state index in [0.717, 1.165) is 5.56 Å². The summed E-state index contributed by atoms with van der Waals surface area (Å²) >= 11 is 0. The standard InChI is InChI=1S/C22H23F3N2O4/c1-12(2)13-4-6-14(7-5-13)18-17(19(28)22(23,24)25)21(30,27-20(29)26-18)15-8-10-16(31-3)11-9-15/h4-12,17-18,30H,1-3H3,(H2,26,27,29).